The summed E-state index contributed by atoms with van der Waals surface area (Å²) in [4.78, 5) is 2.46. The highest BCUT2D eigenvalue weighted by atomic mass is 32.2. The first kappa shape index (κ1) is 16.3. The van der Waals surface area contributed by atoms with E-state index in [1.54, 1.807) is 0 Å². The molecule has 2 N–H and O–H groups in total. The Morgan fingerprint density at radius 3 is 2.06 bits per heavy atom. The van der Waals surface area contributed by atoms with E-state index in [9.17, 15) is 0 Å². The minimum absolute atomic E-state index is 0.210. The van der Waals surface area contributed by atoms with E-state index in [1.165, 1.54) is 12.2 Å². The van der Waals surface area contributed by atoms with E-state index < -0.39 is 0 Å². The van der Waals surface area contributed by atoms with E-state index in [0.717, 1.165) is 0 Å². The van der Waals surface area contributed by atoms with Crippen molar-refractivity contribution in [1.82, 2.24) is 4.90 Å². The van der Waals surface area contributed by atoms with Crippen LogP contribution in [0.4, 0.5) is 0 Å². The molecule has 0 aromatic heterocycles. The molecular formula is C13H30N2S. The maximum Gasteiger partial charge on any atom is 0.0292 e. The molecule has 3 unspecified atom stereocenters. The topological polar surface area (TPSA) is 29.3 Å². The number of nitrogens with two attached hydrogens (primary N) is 1. The van der Waals surface area contributed by atoms with Gasteiger partial charge in [0, 0.05) is 18.1 Å². The van der Waals surface area contributed by atoms with E-state index in [1.807, 2.05) is 11.8 Å². The van der Waals surface area contributed by atoms with Crippen LogP contribution in [0, 0.1) is 5.41 Å². The summed E-state index contributed by atoms with van der Waals surface area (Å²) in [6, 6.07) is 1.24. The van der Waals surface area contributed by atoms with Crippen LogP contribution in [0.15, 0.2) is 0 Å². The molecule has 0 rings (SSSR count). The normalized spacial score (nSPS) is 18.6. The van der Waals surface area contributed by atoms with Crippen molar-refractivity contribution in [2.45, 2.75) is 59.2 Å². The van der Waals surface area contributed by atoms with Gasteiger partial charge in [-0.3, -0.25) is 4.90 Å². The van der Waals surface area contributed by atoms with E-state index in [0.29, 0.717) is 12.1 Å². The van der Waals surface area contributed by atoms with Gasteiger partial charge in [-0.2, -0.15) is 11.8 Å². The third-order valence-electron chi connectivity index (χ3n) is 3.26. The molecule has 0 saturated carbocycles. The minimum Gasteiger partial charge on any atom is -0.327 e. The third kappa shape index (κ3) is 5.07. The number of hydrogen-bond donors (Lipinski definition) is 1. The van der Waals surface area contributed by atoms with Gasteiger partial charge < -0.3 is 5.73 Å². The first-order valence-electron chi connectivity index (χ1n) is 6.18. The Labute approximate surface area is 106 Å². The number of hydrogen-bond acceptors (Lipinski definition) is 3. The van der Waals surface area contributed by atoms with Crippen LogP contribution in [0.25, 0.3) is 0 Å². The van der Waals surface area contributed by atoms with Crippen molar-refractivity contribution in [3.63, 3.8) is 0 Å². The maximum absolute atomic E-state index is 6.14. The number of thioether (sulfide) groups is 1. The molecule has 0 aromatic rings. The Morgan fingerprint density at radius 2 is 1.75 bits per heavy atom. The highest BCUT2D eigenvalue weighted by Crippen LogP contribution is 2.27. The number of nitrogens with zero attached hydrogens (tertiary/aromatic N) is 1. The van der Waals surface area contributed by atoms with E-state index in [2.05, 4.69) is 52.8 Å². The Kier molecular flexibility index (Phi) is 6.99. The van der Waals surface area contributed by atoms with Gasteiger partial charge in [0.25, 0.3) is 0 Å². The highest BCUT2D eigenvalue weighted by molar-refractivity contribution is 7.98. The Morgan fingerprint density at radius 1 is 1.25 bits per heavy atom. The molecule has 2 nitrogen and oxygen atoms in total. The molecule has 3 heteroatoms. The van der Waals surface area contributed by atoms with Gasteiger partial charge in [0.1, 0.15) is 0 Å². The van der Waals surface area contributed by atoms with Crippen LogP contribution >= 0.6 is 11.8 Å². The zero-order valence-electron chi connectivity index (χ0n) is 12.1. The summed E-state index contributed by atoms with van der Waals surface area (Å²) in [6.45, 7) is 11.3. The van der Waals surface area contributed by atoms with Crippen LogP contribution < -0.4 is 5.73 Å². The molecule has 3 atom stereocenters. The Balaban J connectivity index is 4.55. The second-order valence-corrected chi connectivity index (χ2v) is 6.95. The van der Waals surface area contributed by atoms with E-state index in [4.69, 9.17) is 5.73 Å². The van der Waals surface area contributed by atoms with Crippen LogP contribution in [-0.2, 0) is 0 Å². The standard InChI is InChI=1S/C13H30N2S/c1-10(8-9-16-7)15(6)12(11(2)14)13(3,4)5/h10-12H,8-9,14H2,1-7H3. The Hall–Kier alpha value is 0.270. The zero-order chi connectivity index (χ0) is 12.9. The maximum atomic E-state index is 6.14. The summed E-state index contributed by atoms with van der Waals surface area (Å²) in [5.41, 5.74) is 6.38. The van der Waals surface area contributed by atoms with Gasteiger partial charge in [0.15, 0.2) is 0 Å². The van der Waals surface area contributed by atoms with Gasteiger partial charge in [-0.15, -0.1) is 0 Å². The van der Waals surface area contributed by atoms with Crippen molar-refractivity contribution in [2.75, 3.05) is 19.1 Å². The fraction of sp³-hybridized carbons (Fsp3) is 1.00. The first-order chi connectivity index (χ1) is 7.21. The quantitative estimate of drug-likeness (QED) is 0.781. The third-order valence-corrected chi connectivity index (χ3v) is 3.90. The average molecular weight is 246 g/mol. The predicted molar refractivity (Wildman–Crippen MR) is 77.1 cm³/mol. The molecule has 0 amide bonds. The monoisotopic (exact) mass is 246 g/mol. The molecule has 0 aliphatic heterocycles. The average Bonchev–Trinajstić information content (AvgIpc) is 2.10. The largest absolute Gasteiger partial charge is 0.327 e. The fourth-order valence-electron chi connectivity index (χ4n) is 2.54. The number of rotatable bonds is 6. The molecular weight excluding hydrogens is 216 g/mol. The first-order valence-corrected chi connectivity index (χ1v) is 7.57. The molecule has 0 aromatic carbocycles. The summed E-state index contributed by atoms with van der Waals surface area (Å²) in [7, 11) is 2.21. The smallest absolute Gasteiger partial charge is 0.0292 e. The molecule has 0 fully saturated rings. The Bertz CT molecular complexity index is 187. The summed E-state index contributed by atoms with van der Waals surface area (Å²) in [6.07, 6.45) is 3.40. The van der Waals surface area contributed by atoms with Gasteiger partial charge in [-0.25, -0.2) is 0 Å². The van der Waals surface area contributed by atoms with Crippen LogP contribution in [0.1, 0.15) is 41.0 Å². The van der Waals surface area contributed by atoms with Crippen molar-refractivity contribution < 1.29 is 0 Å². The lowest BCUT2D eigenvalue weighted by atomic mass is 9.81. The molecule has 0 aliphatic rings. The van der Waals surface area contributed by atoms with Crippen LogP contribution in [0.2, 0.25) is 0 Å². The lowest BCUT2D eigenvalue weighted by Gasteiger charge is -2.43. The van der Waals surface area contributed by atoms with Crippen LogP contribution in [-0.4, -0.2) is 42.1 Å². The zero-order valence-corrected chi connectivity index (χ0v) is 12.9. The molecule has 0 bridgehead atoms. The van der Waals surface area contributed by atoms with E-state index in [-0.39, 0.29) is 11.5 Å². The lowest BCUT2D eigenvalue weighted by molar-refractivity contribution is 0.0736. The van der Waals surface area contributed by atoms with Crippen molar-refractivity contribution in [3.8, 4) is 0 Å². The molecule has 0 radical (unpaired) electrons. The second kappa shape index (κ2) is 6.87. The van der Waals surface area contributed by atoms with Gasteiger partial charge in [-0.1, -0.05) is 20.8 Å². The fourth-order valence-corrected chi connectivity index (χ4v) is 3.11. The lowest BCUT2D eigenvalue weighted by Crippen LogP contribution is -2.54. The molecule has 0 spiro atoms. The molecule has 0 aliphatic carbocycles. The SMILES string of the molecule is CSCCC(C)N(C)C(C(C)N)C(C)(C)C. The van der Waals surface area contributed by atoms with Gasteiger partial charge in [0.05, 0.1) is 0 Å². The van der Waals surface area contributed by atoms with Crippen molar-refractivity contribution in [2.24, 2.45) is 11.1 Å². The summed E-state index contributed by atoms with van der Waals surface area (Å²) >= 11 is 1.92. The summed E-state index contributed by atoms with van der Waals surface area (Å²) in [5, 5.41) is 0. The van der Waals surface area contributed by atoms with Gasteiger partial charge >= 0.3 is 0 Å². The van der Waals surface area contributed by atoms with Crippen molar-refractivity contribution in [1.29, 1.82) is 0 Å². The van der Waals surface area contributed by atoms with Gasteiger partial charge in [-0.05, 0) is 44.7 Å². The molecule has 0 saturated heterocycles. The minimum atomic E-state index is 0.210. The number of likely N-dealkylation sites (N-methyl/N-ethyl adjacent to an activating group) is 1. The van der Waals surface area contributed by atoms with Crippen molar-refractivity contribution >= 4 is 11.8 Å². The van der Waals surface area contributed by atoms with Crippen LogP contribution in [0.3, 0.4) is 0 Å². The van der Waals surface area contributed by atoms with Crippen LogP contribution in [0.5, 0.6) is 0 Å². The second-order valence-electron chi connectivity index (χ2n) is 5.97. The molecule has 98 valence electrons. The highest BCUT2D eigenvalue weighted by Gasteiger charge is 2.33. The molecule has 16 heavy (non-hydrogen) atoms. The van der Waals surface area contributed by atoms with Gasteiger partial charge in [0.2, 0.25) is 0 Å². The molecule has 0 heterocycles. The van der Waals surface area contributed by atoms with Crippen molar-refractivity contribution in [3.05, 3.63) is 0 Å². The van der Waals surface area contributed by atoms with E-state index >= 15 is 0 Å². The predicted octanol–water partition coefficient (Wildman–Crippen LogP) is 2.82. The summed E-state index contributed by atoms with van der Waals surface area (Å²) < 4.78 is 0. The summed E-state index contributed by atoms with van der Waals surface area (Å²) in [5.74, 6) is 1.22.